The molecule has 0 aromatic carbocycles. The van der Waals surface area contributed by atoms with Gasteiger partial charge in [-0.05, 0) is 6.92 Å². The largest absolute Gasteiger partial charge is 0.337 e. The van der Waals surface area contributed by atoms with Crippen LogP contribution in [0.3, 0.4) is 0 Å². The Kier molecular flexibility index (Phi) is 3.52. The van der Waals surface area contributed by atoms with Crippen LogP contribution in [0.1, 0.15) is 31.2 Å². The lowest BCUT2D eigenvalue weighted by molar-refractivity contribution is 0.767. The number of anilines is 2. The predicted molar refractivity (Wildman–Crippen MR) is 72.4 cm³/mol. The van der Waals surface area contributed by atoms with E-state index in [2.05, 4.69) is 20.4 Å². The molecule has 1 N–H and O–H groups in total. The molecule has 2 rings (SSSR count). The van der Waals surface area contributed by atoms with E-state index in [0.717, 1.165) is 22.9 Å². The molecule has 0 atom stereocenters. The van der Waals surface area contributed by atoms with E-state index in [0.29, 0.717) is 5.15 Å². The van der Waals surface area contributed by atoms with Crippen LogP contribution < -0.4 is 5.32 Å². The van der Waals surface area contributed by atoms with Gasteiger partial charge in [-0.2, -0.15) is 5.10 Å². The number of rotatable bonds is 3. The van der Waals surface area contributed by atoms with Gasteiger partial charge in [0.1, 0.15) is 16.8 Å². The highest BCUT2D eigenvalue weighted by molar-refractivity contribution is 6.30. The summed E-state index contributed by atoms with van der Waals surface area (Å²) < 4.78 is 1.73. The first-order valence-electron chi connectivity index (χ1n) is 5.77. The van der Waals surface area contributed by atoms with Crippen LogP contribution >= 0.6 is 11.6 Å². The first kappa shape index (κ1) is 12.8. The van der Waals surface area contributed by atoms with E-state index in [-0.39, 0.29) is 5.92 Å². The zero-order chi connectivity index (χ0) is 13.3. The number of hydrogen-bond acceptors (Lipinski definition) is 4. The molecule has 0 amide bonds. The maximum Gasteiger partial charge on any atom is 0.138 e. The van der Waals surface area contributed by atoms with Crippen molar-refractivity contribution >= 4 is 23.1 Å². The Morgan fingerprint density at radius 1 is 1.33 bits per heavy atom. The third-order valence-corrected chi connectivity index (χ3v) is 2.96. The highest BCUT2D eigenvalue weighted by Crippen LogP contribution is 2.25. The highest BCUT2D eigenvalue weighted by Gasteiger charge is 2.12. The smallest absolute Gasteiger partial charge is 0.138 e. The van der Waals surface area contributed by atoms with Gasteiger partial charge >= 0.3 is 0 Å². The Morgan fingerprint density at radius 3 is 2.61 bits per heavy atom. The van der Waals surface area contributed by atoms with E-state index < -0.39 is 0 Å². The fraction of sp³-hybridized carbons (Fsp3) is 0.417. The quantitative estimate of drug-likeness (QED) is 0.867. The molecule has 2 aromatic heterocycles. The Hall–Kier alpha value is -1.62. The minimum atomic E-state index is 0.234. The van der Waals surface area contributed by atoms with Gasteiger partial charge in [0.2, 0.25) is 0 Å². The average Bonchev–Trinajstić information content (AvgIpc) is 2.70. The van der Waals surface area contributed by atoms with Gasteiger partial charge in [0.05, 0.1) is 11.9 Å². The molecule has 96 valence electrons. The molecule has 0 radical (unpaired) electrons. The number of nitrogens with zero attached hydrogens (tertiary/aromatic N) is 4. The molecule has 6 heteroatoms. The Balaban J connectivity index is 2.37. The summed E-state index contributed by atoms with van der Waals surface area (Å²) in [5.74, 6) is 1.70. The average molecular weight is 266 g/mol. The first-order valence-corrected chi connectivity index (χ1v) is 6.15. The maximum absolute atomic E-state index is 6.12. The molecule has 0 saturated carbocycles. The van der Waals surface area contributed by atoms with Crippen molar-refractivity contribution in [3.63, 3.8) is 0 Å². The van der Waals surface area contributed by atoms with Crippen molar-refractivity contribution < 1.29 is 0 Å². The summed E-state index contributed by atoms with van der Waals surface area (Å²) in [6.45, 7) is 5.97. The molecular weight excluding hydrogens is 250 g/mol. The van der Waals surface area contributed by atoms with Crippen LogP contribution in [0, 0.1) is 6.92 Å². The summed E-state index contributed by atoms with van der Waals surface area (Å²) in [5.41, 5.74) is 1.72. The third kappa shape index (κ3) is 2.61. The second kappa shape index (κ2) is 4.94. The van der Waals surface area contributed by atoms with E-state index in [1.54, 1.807) is 10.9 Å². The van der Waals surface area contributed by atoms with Crippen LogP contribution in [-0.2, 0) is 7.05 Å². The van der Waals surface area contributed by atoms with Gasteiger partial charge in [0.15, 0.2) is 0 Å². The number of aromatic nitrogens is 4. The fourth-order valence-electron chi connectivity index (χ4n) is 1.51. The van der Waals surface area contributed by atoms with E-state index in [1.165, 1.54) is 0 Å². The van der Waals surface area contributed by atoms with Crippen LogP contribution in [-0.4, -0.2) is 19.7 Å². The Bertz CT molecular complexity index is 562. The van der Waals surface area contributed by atoms with Crippen molar-refractivity contribution in [1.82, 2.24) is 19.7 Å². The molecule has 18 heavy (non-hydrogen) atoms. The molecule has 0 bridgehead atoms. The van der Waals surface area contributed by atoms with Crippen LogP contribution in [0.15, 0.2) is 12.4 Å². The van der Waals surface area contributed by atoms with Gasteiger partial charge in [-0.1, -0.05) is 25.4 Å². The predicted octanol–water partition coefficient (Wildman–Crippen LogP) is 3.04. The summed E-state index contributed by atoms with van der Waals surface area (Å²) in [6.07, 6.45) is 3.62. The van der Waals surface area contributed by atoms with Gasteiger partial charge in [-0.15, -0.1) is 0 Å². The van der Waals surface area contributed by atoms with Gasteiger partial charge in [0.25, 0.3) is 0 Å². The lowest BCUT2D eigenvalue weighted by Crippen LogP contribution is -2.04. The molecule has 2 heterocycles. The van der Waals surface area contributed by atoms with Crippen molar-refractivity contribution in [1.29, 1.82) is 0 Å². The second-order valence-corrected chi connectivity index (χ2v) is 4.89. The molecule has 0 aliphatic carbocycles. The normalized spacial score (nSPS) is 11.0. The highest BCUT2D eigenvalue weighted by atomic mass is 35.5. The summed E-state index contributed by atoms with van der Waals surface area (Å²) in [6, 6.07) is 0. The van der Waals surface area contributed by atoms with E-state index >= 15 is 0 Å². The van der Waals surface area contributed by atoms with Crippen molar-refractivity contribution in [2.24, 2.45) is 7.05 Å². The minimum Gasteiger partial charge on any atom is -0.337 e. The lowest BCUT2D eigenvalue weighted by atomic mass is 10.2. The topological polar surface area (TPSA) is 55.6 Å². The third-order valence-electron chi connectivity index (χ3n) is 2.59. The fourth-order valence-corrected chi connectivity index (χ4v) is 1.68. The van der Waals surface area contributed by atoms with Gasteiger partial charge in [-0.3, -0.25) is 4.68 Å². The van der Waals surface area contributed by atoms with E-state index in [4.69, 9.17) is 11.6 Å². The Labute approximate surface area is 111 Å². The molecule has 0 spiro atoms. The zero-order valence-electron chi connectivity index (χ0n) is 10.9. The molecule has 5 nitrogen and oxygen atoms in total. The van der Waals surface area contributed by atoms with E-state index in [9.17, 15) is 0 Å². The Morgan fingerprint density at radius 2 is 2.06 bits per heavy atom. The molecule has 0 fully saturated rings. The number of halogens is 1. The summed E-state index contributed by atoms with van der Waals surface area (Å²) in [4.78, 5) is 8.77. The van der Waals surface area contributed by atoms with Gasteiger partial charge in [0, 0.05) is 24.7 Å². The molecule has 2 aromatic rings. The number of aryl methyl sites for hydroxylation is 1. The van der Waals surface area contributed by atoms with Crippen molar-refractivity contribution in [2.45, 2.75) is 26.7 Å². The molecule has 0 aliphatic rings. The molecular formula is C12H16ClN5. The zero-order valence-corrected chi connectivity index (χ0v) is 11.7. The SMILES string of the molecule is Cc1c(Cl)nc(C(C)C)nc1Nc1cnn(C)c1. The second-order valence-electron chi connectivity index (χ2n) is 4.53. The molecule has 0 saturated heterocycles. The number of hydrogen-bond donors (Lipinski definition) is 1. The first-order chi connectivity index (χ1) is 8.47. The monoisotopic (exact) mass is 265 g/mol. The van der Waals surface area contributed by atoms with Crippen LogP contribution in [0.4, 0.5) is 11.5 Å². The van der Waals surface area contributed by atoms with Gasteiger partial charge < -0.3 is 5.32 Å². The van der Waals surface area contributed by atoms with Crippen LogP contribution in [0.2, 0.25) is 5.15 Å². The van der Waals surface area contributed by atoms with Crippen LogP contribution in [0.5, 0.6) is 0 Å². The summed E-state index contributed by atoms with van der Waals surface area (Å²) in [7, 11) is 1.87. The summed E-state index contributed by atoms with van der Waals surface area (Å²) in [5, 5.41) is 7.80. The molecule has 0 aliphatic heterocycles. The van der Waals surface area contributed by atoms with Crippen molar-refractivity contribution in [2.75, 3.05) is 5.32 Å². The van der Waals surface area contributed by atoms with Gasteiger partial charge in [-0.25, -0.2) is 9.97 Å². The van der Waals surface area contributed by atoms with Crippen molar-refractivity contribution in [3.05, 3.63) is 28.9 Å². The number of nitrogens with one attached hydrogen (secondary N) is 1. The van der Waals surface area contributed by atoms with Crippen LogP contribution in [0.25, 0.3) is 0 Å². The lowest BCUT2D eigenvalue weighted by Gasteiger charge is -2.11. The maximum atomic E-state index is 6.12. The molecule has 0 unspecified atom stereocenters. The standard InChI is InChI=1S/C12H16ClN5/c1-7(2)11-16-10(13)8(3)12(17-11)15-9-5-14-18(4)6-9/h5-7H,1-4H3,(H,15,16,17). The summed E-state index contributed by atoms with van der Waals surface area (Å²) >= 11 is 6.12. The minimum absolute atomic E-state index is 0.234. The van der Waals surface area contributed by atoms with Crippen molar-refractivity contribution in [3.8, 4) is 0 Å². The van der Waals surface area contributed by atoms with E-state index in [1.807, 2.05) is 34.0 Å².